The van der Waals surface area contributed by atoms with Gasteiger partial charge in [-0.15, -0.1) is 11.8 Å². The van der Waals surface area contributed by atoms with Crippen molar-refractivity contribution in [1.82, 2.24) is 4.57 Å². The normalized spacial score (nSPS) is 16.9. The average molecular weight is 495 g/mol. The number of rotatable bonds is 5. The van der Waals surface area contributed by atoms with Crippen LogP contribution in [0, 0.1) is 0 Å². The summed E-state index contributed by atoms with van der Waals surface area (Å²) in [7, 11) is 0. The summed E-state index contributed by atoms with van der Waals surface area (Å²) >= 11 is 2.92. The van der Waals surface area contributed by atoms with Crippen molar-refractivity contribution in [3.05, 3.63) is 84.5 Å². The Morgan fingerprint density at radius 3 is 2.74 bits per heavy atom. The number of hydrogen-bond acceptors (Lipinski definition) is 8. The van der Waals surface area contributed by atoms with E-state index in [1.165, 1.54) is 11.3 Å². The largest absolute Gasteiger partial charge is 0.463 e. The zero-order valence-electron chi connectivity index (χ0n) is 18.9. The maximum absolute atomic E-state index is 13.6. The van der Waals surface area contributed by atoms with Crippen molar-refractivity contribution in [2.24, 2.45) is 4.99 Å². The predicted molar refractivity (Wildman–Crippen MR) is 131 cm³/mol. The fourth-order valence-corrected chi connectivity index (χ4v) is 5.50. The van der Waals surface area contributed by atoms with E-state index in [9.17, 15) is 9.59 Å². The van der Waals surface area contributed by atoms with Crippen LogP contribution in [0.3, 0.4) is 0 Å². The van der Waals surface area contributed by atoms with E-state index in [-0.39, 0.29) is 19.0 Å². The molecule has 7 nitrogen and oxygen atoms in total. The lowest BCUT2D eigenvalue weighted by atomic mass is 9.96. The highest BCUT2D eigenvalue weighted by molar-refractivity contribution is 7.98. The molecule has 1 atom stereocenters. The maximum Gasteiger partial charge on any atom is 0.338 e. The second kappa shape index (κ2) is 9.15. The van der Waals surface area contributed by atoms with Crippen LogP contribution in [-0.4, -0.2) is 30.2 Å². The smallest absolute Gasteiger partial charge is 0.338 e. The molecule has 0 bridgehead atoms. The summed E-state index contributed by atoms with van der Waals surface area (Å²) in [5.74, 6) is 0.864. The minimum atomic E-state index is -0.620. The number of thiazole rings is 1. The quantitative estimate of drug-likeness (QED) is 0.400. The first-order chi connectivity index (χ1) is 16.5. The van der Waals surface area contributed by atoms with Crippen molar-refractivity contribution in [2.45, 2.75) is 24.8 Å². The molecule has 1 unspecified atom stereocenters. The van der Waals surface area contributed by atoms with E-state index >= 15 is 0 Å². The van der Waals surface area contributed by atoms with Gasteiger partial charge in [-0.2, -0.15) is 0 Å². The molecule has 0 saturated carbocycles. The highest BCUT2D eigenvalue weighted by atomic mass is 32.2. The summed E-state index contributed by atoms with van der Waals surface area (Å²) < 4.78 is 18.3. The number of thioether (sulfide) groups is 1. The number of esters is 1. The van der Waals surface area contributed by atoms with Gasteiger partial charge in [0, 0.05) is 4.90 Å². The number of ether oxygens (including phenoxy) is 3. The molecular weight excluding hydrogens is 472 g/mol. The lowest BCUT2D eigenvalue weighted by Gasteiger charge is -2.24. The lowest BCUT2D eigenvalue weighted by Crippen LogP contribution is -2.39. The molecule has 0 aliphatic carbocycles. The Morgan fingerprint density at radius 2 is 2.00 bits per heavy atom. The molecule has 0 saturated heterocycles. The SMILES string of the molecule is CCOC(=O)C1=C(C)N=c2sc(=Cc3ccc4c(c3)OCO4)c(=O)n2C1c1ccc(SC)cc1. The molecule has 2 aliphatic rings. The van der Waals surface area contributed by atoms with E-state index in [0.29, 0.717) is 32.1 Å². The van der Waals surface area contributed by atoms with Crippen LogP contribution in [0.2, 0.25) is 0 Å². The van der Waals surface area contributed by atoms with Gasteiger partial charge in [0.05, 0.1) is 28.5 Å². The monoisotopic (exact) mass is 494 g/mol. The summed E-state index contributed by atoms with van der Waals surface area (Å²) in [4.78, 5) is 32.8. The van der Waals surface area contributed by atoms with Crippen molar-refractivity contribution in [2.75, 3.05) is 19.7 Å². The van der Waals surface area contributed by atoms with E-state index in [1.54, 1.807) is 30.2 Å². The van der Waals surface area contributed by atoms with Gasteiger partial charge in [-0.25, -0.2) is 9.79 Å². The number of carbonyl (C=O) groups is 1. The van der Waals surface area contributed by atoms with E-state index in [0.717, 1.165) is 16.0 Å². The Kier molecular flexibility index (Phi) is 6.05. The highest BCUT2D eigenvalue weighted by Gasteiger charge is 2.33. The summed E-state index contributed by atoms with van der Waals surface area (Å²) in [6.07, 6.45) is 3.81. The van der Waals surface area contributed by atoms with Gasteiger partial charge in [-0.3, -0.25) is 9.36 Å². The molecular formula is C25H22N2O5S2. The van der Waals surface area contributed by atoms with Crippen LogP contribution in [0.4, 0.5) is 0 Å². The van der Waals surface area contributed by atoms with E-state index in [2.05, 4.69) is 4.99 Å². The first kappa shape index (κ1) is 22.5. The van der Waals surface area contributed by atoms with Gasteiger partial charge in [-0.05, 0) is 61.6 Å². The van der Waals surface area contributed by atoms with Gasteiger partial charge in [0.15, 0.2) is 16.3 Å². The van der Waals surface area contributed by atoms with Crippen molar-refractivity contribution in [1.29, 1.82) is 0 Å². The Morgan fingerprint density at radius 1 is 1.24 bits per heavy atom. The predicted octanol–water partition coefficient (Wildman–Crippen LogP) is 3.25. The molecule has 174 valence electrons. The fraction of sp³-hybridized carbons (Fsp3) is 0.240. The Bertz CT molecular complexity index is 1480. The molecule has 3 heterocycles. The van der Waals surface area contributed by atoms with Crippen LogP contribution in [0.5, 0.6) is 11.5 Å². The third kappa shape index (κ3) is 3.95. The van der Waals surface area contributed by atoms with Crippen LogP contribution in [0.1, 0.15) is 31.0 Å². The summed E-state index contributed by atoms with van der Waals surface area (Å²) in [5, 5.41) is 0. The number of nitrogens with zero attached hydrogens (tertiary/aromatic N) is 2. The molecule has 0 fully saturated rings. The maximum atomic E-state index is 13.6. The van der Waals surface area contributed by atoms with Crippen molar-refractivity contribution < 1.29 is 19.0 Å². The van der Waals surface area contributed by atoms with Gasteiger partial charge >= 0.3 is 5.97 Å². The number of fused-ring (bicyclic) bond motifs is 2. The third-order valence-corrected chi connectivity index (χ3v) is 7.37. The lowest BCUT2D eigenvalue weighted by molar-refractivity contribution is -0.139. The van der Waals surface area contributed by atoms with E-state index < -0.39 is 12.0 Å². The van der Waals surface area contributed by atoms with E-state index in [4.69, 9.17) is 14.2 Å². The Labute approximate surface area is 204 Å². The van der Waals surface area contributed by atoms with Gasteiger partial charge in [0.1, 0.15) is 0 Å². The molecule has 2 aliphatic heterocycles. The fourth-order valence-electron chi connectivity index (χ4n) is 4.05. The summed E-state index contributed by atoms with van der Waals surface area (Å²) in [6, 6.07) is 12.8. The van der Waals surface area contributed by atoms with Crippen LogP contribution in [0.25, 0.3) is 6.08 Å². The van der Waals surface area contributed by atoms with Crippen molar-refractivity contribution in [3.8, 4) is 11.5 Å². The average Bonchev–Trinajstić information content (AvgIpc) is 3.42. The topological polar surface area (TPSA) is 79.1 Å². The van der Waals surface area contributed by atoms with E-state index in [1.807, 2.05) is 54.8 Å². The molecule has 9 heteroatoms. The van der Waals surface area contributed by atoms with Crippen LogP contribution in [0.15, 0.2) is 68.4 Å². The highest BCUT2D eigenvalue weighted by Crippen LogP contribution is 2.33. The molecule has 34 heavy (non-hydrogen) atoms. The third-order valence-electron chi connectivity index (χ3n) is 5.64. The Balaban J connectivity index is 1.68. The first-order valence-electron chi connectivity index (χ1n) is 10.7. The van der Waals surface area contributed by atoms with Crippen LogP contribution >= 0.6 is 23.1 Å². The van der Waals surface area contributed by atoms with Gasteiger partial charge in [-0.1, -0.05) is 29.5 Å². The molecule has 0 radical (unpaired) electrons. The molecule has 0 N–H and O–H groups in total. The van der Waals surface area contributed by atoms with Crippen molar-refractivity contribution >= 4 is 35.1 Å². The number of aromatic nitrogens is 1. The van der Waals surface area contributed by atoms with Crippen LogP contribution in [-0.2, 0) is 9.53 Å². The van der Waals surface area contributed by atoms with Gasteiger partial charge in [0.25, 0.3) is 5.56 Å². The minimum Gasteiger partial charge on any atom is -0.463 e. The molecule has 1 aromatic heterocycles. The molecule has 0 amide bonds. The van der Waals surface area contributed by atoms with Crippen LogP contribution < -0.4 is 24.4 Å². The van der Waals surface area contributed by atoms with Gasteiger partial charge < -0.3 is 14.2 Å². The second-order valence-corrected chi connectivity index (χ2v) is 9.58. The number of allylic oxidation sites excluding steroid dienone is 1. The standard InChI is InChI=1S/C25H22N2O5S2/c1-4-30-24(29)21-14(2)26-25-27(22(21)16-6-8-17(33-3)9-7-16)23(28)20(34-25)12-15-5-10-18-19(11-15)32-13-31-18/h5-12,22H,4,13H2,1-3H3. The number of carbonyl (C=O) groups excluding carboxylic acids is 1. The molecule has 5 rings (SSSR count). The summed E-state index contributed by atoms with van der Waals surface area (Å²) in [5.41, 5.74) is 2.35. The van der Waals surface area contributed by atoms with Gasteiger partial charge in [0.2, 0.25) is 6.79 Å². The zero-order valence-corrected chi connectivity index (χ0v) is 20.5. The summed E-state index contributed by atoms with van der Waals surface area (Å²) in [6.45, 7) is 3.97. The number of hydrogen-bond donors (Lipinski definition) is 0. The first-order valence-corrected chi connectivity index (χ1v) is 12.8. The second-order valence-electron chi connectivity index (χ2n) is 7.69. The molecule has 0 spiro atoms. The molecule has 3 aromatic rings. The Hall–Kier alpha value is -3.30. The number of benzene rings is 2. The minimum absolute atomic E-state index is 0.187. The zero-order chi connectivity index (χ0) is 23.8. The molecule has 2 aromatic carbocycles. The van der Waals surface area contributed by atoms with Crippen molar-refractivity contribution in [3.63, 3.8) is 0 Å².